The molecule has 0 aromatic heterocycles. The normalized spacial score (nSPS) is 45.1. The van der Waals surface area contributed by atoms with Gasteiger partial charge in [-0.2, -0.15) is 0 Å². The van der Waals surface area contributed by atoms with Crippen molar-refractivity contribution < 1.29 is 34.1 Å². The van der Waals surface area contributed by atoms with Crippen molar-refractivity contribution in [1.82, 2.24) is 0 Å². The van der Waals surface area contributed by atoms with E-state index in [0.717, 1.165) is 32.1 Å². The largest absolute Gasteiger partial charge is 0.462 e. The van der Waals surface area contributed by atoms with Crippen LogP contribution >= 0.6 is 0 Å². The summed E-state index contributed by atoms with van der Waals surface area (Å²) in [6.07, 6.45) is 6.31. The van der Waals surface area contributed by atoms with Gasteiger partial charge in [0.1, 0.15) is 6.10 Å². The van der Waals surface area contributed by atoms with Crippen molar-refractivity contribution in [3.63, 3.8) is 0 Å². The number of esters is 2. The smallest absolute Gasteiger partial charge is 0.303 e. The van der Waals surface area contributed by atoms with Crippen LogP contribution in [0, 0.1) is 28.6 Å². The van der Waals surface area contributed by atoms with Gasteiger partial charge in [0.2, 0.25) is 5.78 Å². The molecule has 178 valence electrons. The highest BCUT2D eigenvalue weighted by Crippen LogP contribution is 2.67. The van der Waals surface area contributed by atoms with Gasteiger partial charge < -0.3 is 19.7 Å². The van der Waals surface area contributed by atoms with Crippen molar-refractivity contribution >= 4 is 17.7 Å². The van der Waals surface area contributed by atoms with Crippen LogP contribution in [0.3, 0.4) is 0 Å². The predicted molar refractivity (Wildman–Crippen MR) is 115 cm³/mol. The average molecular weight is 449 g/mol. The van der Waals surface area contributed by atoms with Crippen LogP contribution in [0.15, 0.2) is 11.6 Å². The molecule has 0 amide bonds. The Morgan fingerprint density at radius 2 is 1.81 bits per heavy atom. The van der Waals surface area contributed by atoms with Crippen LogP contribution in [0.5, 0.6) is 0 Å². The van der Waals surface area contributed by atoms with E-state index in [1.54, 1.807) is 0 Å². The number of aliphatic hydroxyl groups is 2. The van der Waals surface area contributed by atoms with Gasteiger partial charge in [0.05, 0.1) is 6.10 Å². The summed E-state index contributed by atoms with van der Waals surface area (Å²) in [7, 11) is 0. The molecule has 0 spiro atoms. The molecule has 0 saturated heterocycles. The molecule has 7 nitrogen and oxygen atoms in total. The van der Waals surface area contributed by atoms with Crippen molar-refractivity contribution in [3.05, 3.63) is 11.6 Å². The van der Waals surface area contributed by atoms with Crippen molar-refractivity contribution in [1.29, 1.82) is 0 Å². The summed E-state index contributed by atoms with van der Waals surface area (Å²) in [6, 6.07) is 0. The summed E-state index contributed by atoms with van der Waals surface area (Å²) >= 11 is 0. The highest BCUT2D eigenvalue weighted by atomic mass is 16.5. The zero-order valence-corrected chi connectivity index (χ0v) is 19.6. The maximum atomic E-state index is 13.0. The molecule has 0 aliphatic heterocycles. The van der Waals surface area contributed by atoms with Gasteiger partial charge in [-0.1, -0.05) is 25.5 Å². The first-order valence-corrected chi connectivity index (χ1v) is 11.9. The Kier molecular flexibility index (Phi) is 5.82. The molecule has 0 unspecified atom stereocenters. The Hall–Kier alpha value is -1.73. The van der Waals surface area contributed by atoms with Gasteiger partial charge in [-0.25, -0.2) is 0 Å². The minimum Gasteiger partial charge on any atom is -0.462 e. The molecular weight excluding hydrogens is 412 g/mol. The van der Waals surface area contributed by atoms with E-state index in [2.05, 4.69) is 13.0 Å². The van der Waals surface area contributed by atoms with E-state index in [4.69, 9.17) is 9.47 Å². The summed E-state index contributed by atoms with van der Waals surface area (Å²) in [5.41, 5.74) is -1.30. The van der Waals surface area contributed by atoms with E-state index in [1.165, 1.54) is 19.4 Å². The second kappa shape index (κ2) is 7.94. The van der Waals surface area contributed by atoms with E-state index in [0.29, 0.717) is 18.8 Å². The fourth-order valence-corrected chi connectivity index (χ4v) is 7.76. The first-order chi connectivity index (χ1) is 14.9. The second-order valence-electron chi connectivity index (χ2n) is 10.9. The monoisotopic (exact) mass is 448 g/mol. The lowest BCUT2D eigenvalue weighted by molar-refractivity contribution is -0.181. The summed E-state index contributed by atoms with van der Waals surface area (Å²) in [5, 5.41) is 22.5. The third-order valence-corrected chi connectivity index (χ3v) is 9.44. The highest BCUT2D eigenvalue weighted by molar-refractivity contribution is 5.91. The van der Waals surface area contributed by atoms with Gasteiger partial charge in [0.25, 0.3) is 0 Å². The van der Waals surface area contributed by atoms with Gasteiger partial charge in [-0.05, 0) is 61.7 Å². The number of fused-ring (bicyclic) bond motifs is 5. The number of ether oxygens (including phenoxy) is 2. The summed E-state index contributed by atoms with van der Waals surface area (Å²) in [6.45, 7) is 6.40. The van der Waals surface area contributed by atoms with Gasteiger partial charge in [-0.3, -0.25) is 14.4 Å². The number of aliphatic hydroxyl groups excluding tert-OH is 1. The van der Waals surface area contributed by atoms with Crippen molar-refractivity contribution in [2.45, 2.75) is 90.4 Å². The van der Waals surface area contributed by atoms with Gasteiger partial charge in [0.15, 0.2) is 12.2 Å². The standard InChI is InChI=1S/C25H36O7/c1-14(26)31-13-22(29)25(30)21(28)12-20-18-6-5-16-11-17(32-15(2)27)7-9-23(16,3)19(18)8-10-24(20,25)4/h5,17-21,28,30H,6-13H2,1-4H3/t17-,18-,19+,20+,21-,23+,24+,25+/m1/s1. The van der Waals surface area contributed by atoms with E-state index in [9.17, 15) is 24.6 Å². The molecule has 32 heavy (non-hydrogen) atoms. The Labute approximate surface area is 189 Å². The number of ketones is 1. The summed E-state index contributed by atoms with van der Waals surface area (Å²) < 4.78 is 10.4. The molecule has 0 bridgehead atoms. The lowest BCUT2D eigenvalue weighted by atomic mass is 9.46. The topological polar surface area (TPSA) is 110 Å². The molecule has 0 heterocycles. The van der Waals surface area contributed by atoms with Crippen LogP contribution < -0.4 is 0 Å². The van der Waals surface area contributed by atoms with E-state index >= 15 is 0 Å². The zero-order valence-electron chi connectivity index (χ0n) is 19.6. The van der Waals surface area contributed by atoms with Crippen LogP contribution in [-0.4, -0.2) is 52.4 Å². The van der Waals surface area contributed by atoms with E-state index in [1.807, 2.05) is 6.92 Å². The Morgan fingerprint density at radius 1 is 1.09 bits per heavy atom. The van der Waals surface area contributed by atoms with Crippen LogP contribution in [0.4, 0.5) is 0 Å². The minimum absolute atomic E-state index is 0.00310. The van der Waals surface area contributed by atoms with Crippen molar-refractivity contribution in [2.24, 2.45) is 28.6 Å². The van der Waals surface area contributed by atoms with Gasteiger partial charge in [-0.15, -0.1) is 0 Å². The Morgan fingerprint density at radius 3 is 2.47 bits per heavy atom. The van der Waals surface area contributed by atoms with Crippen molar-refractivity contribution in [2.75, 3.05) is 6.61 Å². The molecule has 7 heteroatoms. The van der Waals surface area contributed by atoms with Crippen molar-refractivity contribution in [3.8, 4) is 0 Å². The molecule has 0 aromatic rings. The number of Topliss-reactive ketones (excluding diaryl/α,β-unsaturated/α-hetero) is 1. The molecule has 8 atom stereocenters. The van der Waals surface area contributed by atoms with E-state index < -0.39 is 35.5 Å². The average Bonchev–Trinajstić information content (AvgIpc) is 2.93. The molecular formula is C25H36O7. The SMILES string of the molecule is CC(=O)OCC(=O)[C@@]1(O)[C@H](O)C[C@H]2[C@@H]3CC=C4C[C@H](OC(C)=O)CC[C@]4(C)[C@H]3CC[C@@]21C. The third-order valence-electron chi connectivity index (χ3n) is 9.44. The number of hydrogen-bond donors (Lipinski definition) is 2. The molecule has 4 aliphatic rings. The lowest BCUT2D eigenvalue weighted by Gasteiger charge is -2.58. The molecule has 3 saturated carbocycles. The van der Waals surface area contributed by atoms with Crippen LogP contribution in [0.25, 0.3) is 0 Å². The first kappa shape index (κ1) is 23.4. The van der Waals surface area contributed by atoms with E-state index in [-0.39, 0.29) is 29.3 Å². The molecule has 3 fully saturated rings. The zero-order chi connectivity index (χ0) is 23.5. The molecule has 0 radical (unpaired) electrons. The third kappa shape index (κ3) is 3.35. The van der Waals surface area contributed by atoms with Gasteiger partial charge >= 0.3 is 11.9 Å². The van der Waals surface area contributed by atoms with Crippen LogP contribution in [0.2, 0.25) is 0 Å². The predicted octanol–water partition coefficient (Wildman–Crippen LogP) is 2.71. The van der Waals surface area contributed by atoms with Crippen LogP contribution in [-0.2, 0) is 23.9 Å². The van der Waals surface area contributed by atoms with Crippen LogP contribution in [0.1, 0.15) is 72.6 Å². The molecule has 0 aromatic carbocycles. The van der Waals surface area contributed by atoms with Gasteiger partial charge in [0, 0.05) is 25.7 Å². The quantitative estimate of drug-likeness (QED) is 0.503. The minimum atomic E-state index is -1.91. The maximum absolute atomic E-state index is 13.0. The highest BCUT2D eigenvalue weighted by Gasteiger charge is 2.69. The maximum Gasteiger partial charge on any atom is 0.303 e. The Balaban J connectivity index is 1.59. The number of allylic oxidation sites excluding steroid dienone is 1. The fraction of sp³-hybridized carbons (Fsp3) is 0.800. The summed E-state index contributed by atoms with van der Waals surface area (Å²) in [4.78, 5) is 35.6. The lowest BCUT2D eigenvalue weighted by Crippen LogP contribution is -2.61. The summed E-state index contributed by atoms with van der Waals surface area (Å²) in [5.74, 6) is -0.761. The number of carbonyl (C=O) groups excluding carboxylic acids is 3. The molecule has 4 aliphatic carbocycles. The fourth-order valence-electron chi connectivity index (χ4n) is 7.76. The molecule has 2 N–H and O–H groups in total. The number of rotatable bonds is 4. The first-order valence-electron chi connectivity index (χ1n) is 11.9. The number of carbonyl (C=O) groups is 3. The Bertz CT molecular complexity index is 849. The molecule has 4 rings (SSSR count). The second-order valence-corrected chi connectivity index (χ2v) is 10.9. The number of hydrogen-bond acceptors (Lipinski definition) is 7.